The molecular weight excluding hydrogens is 324 g/mol. The van der Waals surface area contributed by atoms with Crippen molar-refractivity contribution in [3.63, 3.8) is 0 Å². The van der Waals surface area contributed by atoms with Crippen LogP contribution in [-0.4, -0.2) is 19.1 Å². The van der Waals surface area contributed by atoms with E-state index < -0.39 is 0 Å². The fourth-order valence-electron chi connectivity index (χ4n) is 3.55. The van der Waals surface area contributed by atoms with Crippen molar-refractivity contribution in [1.29, 1.82) is 0 Å². The van der Waals surface area contributed by atoms with E-state index in [1.54, 1.807) is 0 Å². The van der Waals surface area contributed by atoms with Crippen LogP contribution in [0.5, 0.6) is 0 Å². The first kappa shape index (κ1) is 15.4. The van der Waals surface area contributed by atoms with E-state index in [1.807, 2.05) is 0 Å². The molecule has 0 radical (unpaired) electrons. The average Bonchev–Trinajstić information content (AvgIpc) is 3.29. The average molecular weight is 351 g/mol. The molecule has 1 aromatic carbocycles. The third-order valence-corrected chi connectivity index (χ3v) is 5.76. The van der Waals surface area contributed by atoms with Crippen molar-refractivity contribution >= 4 is 21.6 Å². The van der Waals surface area contributed by atoms with Gasteiger partial charge in [-0.15, -0.1) is 0 Å². The summed E-state index contributed by atoms with van der Waals surface area (Å²) in [6, 6.07) is 8.31. The summed E-state index contributed by atoms with van der Waals surface area (Å²) < 4.78 is 1.23. The van der Waals surface area contributed by atoms with Gasteiger partial charge in [-0.3, -0.25) is 0 Å². The number of nitrogens with one attached hydrogen (secondary N) is 1. The zero-order valence-corrected chi connectivity index (χ0v) is 14.8. The standard InChI is InChI=1S/C18H27BrN2/c1-13-5-3-4-6-17(13)21(2)18-10-7-14(11-16(18)19)12-20-15-8-9-15/h7,10-11,13,15,17,20H,3-6,8-9,12H2,1-2H3. The lowest BCUT2D eigenvalue weighted by molar-refractivity contribution is 0.321. The Hall–Kier alpha value is -0.540. The maximum Gasteiger partial charge on any atom is 0.0510 e. The molecule has 3 rings (SSSR count). The van der Waals surface area contributed by atoms with Crippen LogP contribution in [0.4, 0.5) is 5.69 Å². The third-order valence-electron chi connectivity index (χ3n) is 5.13. The predicted octanol–water partition coefficient (Wildman–Crippen LogP) is 4.72. The van der Waals surface area contributed by atoms with Crippen LogP contribution in [0.25, 0.3) is 0 Å². The van der Waals surface area contributed by atoms with E-state index in [0.717, 1.165) is 18.5 Å². The summed E-state index contributed by atoms with van der Waals surface area (Å²) in [5, 5.41) is 3.58. The van der Waals surface area contributed by atoms with Crippen molar-refractivity contribution < 1.29 is 0 Å². The van der Waals surface area contributed by atoms with Gasteiger partial charge in [0.25, 0.3) is 0 Å². The maximum atomic E-state index is 3.79. The SMILES string of the molecule is CC1CCCCC1N(C)c1ccc(CNC2CC2)cc1Br. The molecule has 2 nitrogen and oxygen atoms in total. The van der Waals surface area contributed by atoms with E-state index in [2.05, 4.69) is 58.3 Å². The molecule has 21 heavy (non-hydrogen) atoms. The Balaban J connectivity index is 1.68. The van der Waals surface area contributed by atoms with Gasteiger partial charge < -0.3 is 10.2 Å². The maximum absolute atomic E-state index is 3.79. The van der Waals surface area contributed by atoms with Crippen LogP contribution in [0.15, 0.2) is 22.7 Å². The molecule has 0 saturated heterocycles. The Morgan fingerprint density at radius 2 is 1.95 bits per heavy atom. The molecule has 0 spiro atoms. The Bertz CT molecular complexity index is 484. The highest BCUT2D eigenvalue weighted by molar-refractivity contribution is 9.10. The molecule has 2 aliphatic carbocycles. The fraction of sp³-hybridized carbons (Fsp3) is 0.667. The molecule has 116 valence electrons. The summed E-state index contributed by atoms with van der Waals surface area (Å²) in [5.74, 6) is 0.798. The number of anilines is 1. The van der Waals surface area contributed by atoms with E-state index in [1.165, 1.54) is 54.2 Å². The monoisotopic (exact) mass is 350 g/mol. The molecule has 2 atom stereocenters. The van der Waals surface area contributed by atoms with Crippen molar-refractivity contribution in [3.8, 4) is 0 Å². The normalized spacial score (nSPS) is 25.9. The first-order valence-corrected chi connectivity index (χ1v) is 9.19. The van der Waals surface area contributed by atoms with Crippen molar-refractivity contribution in [3.05, 3.63) is 28.2 Å². The lowest BCUT2D eigenvalue weighted by Crippen LogP contribution is -2.39. The summed E-state index contributed by atoms with van der Waals surface area (Å²) >= 11 is 3.79. The molecule has 0 heterocycles. The smallest absolute Gasteiger partial charge is 0.0510 e. The van der Waals surface area contributed by atoms with Crippen molar-refractivity contribution in [2.45, 2.75) is 64.1 Å². The number of halogens is 1. The van der Waals surface area contributed by atoms with Crippen molar-refractivity contribution in [1.82, 2.24) is 5.32 Å². The summed E-state index contributed by atoms with van der Waals surface area (Å²) in [6.45, 7) is 3.40. The Labute approximate surface area is 137 Å². The van der Waals surface area contributed by atoms with Gasteiger partial charge in [-0.05, 0) is 65.2 Å². The molecule has 0 aliphatic heterocycles. The lowest BCUT2D eigenvalue weighted by atomic mass is 9.85. The summed E-state index contributed by atoms with van der Waals surface area (Å²) in [6.07, 6.45) is 8.17. The van der Waals surface area contributed by atoms with Crippen molar-refractivity contribution in [2.24, 2.45) is 5.92 Å². The lowest BCUT2D eigenvalue weighted by Gasteiger charge is -2.38. The van der Waals surface area contributed by atoms with Gasteiger partial charge in [0, 0.05) is 30.1 Å². The van der Waals surface area contributed by atoms with E-state index in [9.17, 15) is 0 Å². The van der Waals surface area contributed by atoms with E-state index in [0.29, 0.717) is 6.04 Å². The van der Waals surface area contributed by atoms with Gasteiger partial charge in [0.1, 0.15) is 0 Å². The fourth-order valence-corrected chi connectivity index (χ4v) is 4.25. The van der Waals surface area contributed by atoms with Crippen LogP contribution in [0.3, 0.4) is 0 Å². The van der Waals surface area contributed by atoms with Gasteiger partial charge in [-0.25, -0.2) is 0 Å². The van der Waals surface area contributed by atoms with Gasteiger partial charge in [0.2, 0.25) is 0 Å². The molecule has 0 amide bonds. The minimum absolute atomic E-state index is 0.686. The zero-order valence-electron chi connectivity index (χ0n) is 13.2. The molecule has 0 bridgehead atoms. The number of hydrogen-bond acceptors (Lipinski definition) is 2. The number of rotatable bonds is 5. The van der Waals surface area contributed by atoms with Gasteiger partial charge in [-0.2, -0.15) is 0 Å². The highest BCUT2D eigenvalue weighted by atomic mass is 79.9. The number of nitrogens with zero attached hydrogens (tertiary/aromatic N) is 1. The molecule has 1 N–H and O–H groups in total. The van der Waals surface area contributed by atoms with Gasteiger partial charge >= 0.3 is 0 Å². The number of benzene rings is 1. The Morgan fingerprint density at radius 1 is 1.19 bits per heavy atom. The summed E-state index contributed by atoms with van der Waals surface area (Å²) in [5.41, 5.74) is 2.71. The first-order valence-electron chi connectivity index (χ1n) is 8.40. The summed E-state index contributed by atoms with van der Waals surface area (Å²) in [4.78, 5) is 2.49. The molecule has 0 aromatic heterocycles. The zero-order chi connectivity index (χ0) is 14.8. The Morgan fingerprint density at radius 3 is 2.62 bits per heavy atom. The highest BCUT2D eigenvalue weighted by Gasteiger charge is 2.26. The molecule has 2 saturated carbocycles. The summed E-state index contributed by atoms with van der Waals surface area (Å²) in [7, 11) is 2.26. The first-order chi connectivity index (χ1) is 10.1. The minimum atomic E-state index is 0.686. The second kappa shape index (κ2) is 6.70. The van der Waals surface area contributed by atoms with Gasteiger partial charge in [0.05, 0.1) is 5.69 Å². The van der Waals surface area contributed by atoms with E-state index >= 15 is 0 Å². The van der Waals surface area contributed by atoms with Crippen LogP contribution in [0.2, 0.25) is 0 Å². The van der Waals surface area contributed by atoms with E-state index in [4.69, 9.17) is 0 Å². The Kier molecular flexibility index (Phi) is 4.90. The van der Waals surface area contributed by atoms with Gasteiger partial charge in [-0.1, -0.05) is 25.8 Å². The molecule has 3 heteroatoms. The highest BCUT2D eigenvalue weighted by Crippen LogP contribution is 2.34. The van der Waals surface area contributed by atoms with Crippen LogP contribution in [0.1, 0.15) is 51.0 Å². The second-order valence-electron chi connectivity index (χ2n) is 6.88. The van der Waals surface area contributed by atoms with Crippen LogP contribution in [-0.2, 0) is 6.54 Å². The van der Waals surface area contributed by atoms with Crippen LogP contribution < -0.4 is 10.2 Å². The van der Waals surface area contributed by atoms with Crippen LogP contribution in [0, 0.1) is 5.92 Å². The topological polar surface area (TPSA) is 15.3 Å². The van der Waals surface area contributed by atoms with Crippen molar-refractivity contribution in [2.75, 3.05) is 11.9 Å². The minimum Gasteiger partial charge on any atom is -0.370 e. The molecule has 1 aromatic rings. The molecule has 2 aliphatic rings. The largest absolute Gasteiger partial charge is 0.370 e. The molecular formula is C18H27BrN2. The second-order valence-corrected chi connectivity index (χ2v) is 7.74. The molecule has 2 unspecified atom stereocenters. The molecule has 2 fully saturated rings. The van der Waals surface area contributed by atoms with E-state index in [-0.39, 0.29) is 0 Å². The van der Waals surface area contributed by atoms with Gasteiger partial charge in [0.15, 0.2) is 0 Å². The quantitative estimate of drug-likeness (QED) is 0.826. The predicted molar refractivity (Wildman–Crippen MR) is 93.8 cm³/mol. The third kappa shape index (κ3) is 3.81. The number of hydrogen-bond donors (Lipinski definition) is 1. The van der Waals surface area contributed by atoms with Crippen LogP contribution >= 0.6 is 15.9 Å².